The van der Waals surface area contributed by atoms with Gasteiger partial charge < -0.3 is 0 Å². The van der Waals surface area contributed by atoms with Gasteiger partial charge in [0.15, 0.2) is 0 Å². The first-order valence-corrected chi connectivity index (χ1v) is 3.15. The fraction of sp³-hybridized carbons (Fsp3) is 0.429. The number of allylic oxidation sites excluding steroid dienone is 4. The Balaban J connectivity index is 2.90. The first-order valence-electron chi connectivity index (χ1n) is 3.15. The topological polar surface area (TPSA) is 0 Å². The van der Waals surface area contributed by atoms with E-state index in [2.05, 4.69) is 0 Å². The zero-order chi connectivity index (χ0) is 9.41. The predicted octanol–water partition coefficient (Wildman–Crippen LogP) is 3.07. The smallest absolute Gasteiger partial charge is 0.229 e. The predicted molar refractivity (Wildman–Crippen MR) is 32.8 cm³/mol. The summed E-state index contributed by atoms with van der Waals surface area (Å²) in [6.45, 7) is 0. The van der Waals surface area contributed by atoms with Crippen LogP contribution in [0.2, 0.25) is 0 Å². The second-order valence-corrected chi connectivity index (χ2v) is 2.51. The first-order chi connectivity index (χ1) is 5.35. The maximum Gasteiger partial charge on any atom is 0.426 e. The van der Waals surface area contributed by atoms with Crippen LogP contribution < -0.4 is 0 Å². The van der Waals surface area contributed by atoms with E-state index in [-0.39, 0.29) is 0 Å². The summed E-state index contributed by atoms with van der Waals surface area (Å²) in [5, 5.41) is 0. The molecule has 1 aliphatic rings. The van der Waals surface area contributed by atoms with Crippen molar-refractivity contribution in [3.8, 4) is 0 Å². The quantitative estimate of drug-likeness (QED) is 0.507. The Labute approximate surface area is 65.4 Å². The molecule has 0 bridgehead atoms. The van der Waals surface area contributed by atoms with Crippen molar-refractivity contribution in [1.29, 1.82) is 0 Å². The van der Waals surface area contributed by atoms with E-state index in [1.54, 1.807) is 0 Å². The Morgan fingerprint density at radius 3 is 2.25 bits per heavy atom. The van der Waals surface area contributed by atoms with Gasteiger partial charge in [0.1, 0.15) is 5.83 Å². The second kappa shape index (κ2) is 2.57. The highest BCUT2D eigenvalue weighted by Gasteiger charge is 2.55. The summed E-state index contributed by atoms with van der Waals surface area (Å²) in [7, 11) is 0. The molecule has 0 saturated heterocycles. The average molecular weight is 184 g/mol. The molecule has 1 rings (SSSR count). The molecule has 0 N–H and O–H groups in total. The van der Waals surface area contributed by atoms with Gasteiger partial charge in [0.05, 0.1) is 0 Å². The average Bonchev–Trinajstić information content (AvgIpc) is 1.83. The van der Waals surface area contributed by atoms with E-state index in [1.807, 2.05) is 0 Å². The molecule has 0 saturated carbocycles. The third-order valence-electron chi connectivity index (χ3n) is 1.53. The van der Waals surface area contributed by atoms with Crippen molar-refractivity contribution in [3.63, 3.8) is 0 Å². The number of alkyl halides is 4. The molecule has 1 unspecified atom stereocenters. The van der Waals surface area contributed by atoms with Crippen LogP contribution >= 0.6 is 0 Å². The largest absolute Gasteiger partial charge is 0.426 e. The van der Waals surface area contributed by atoms with Crippen LogP contribution in [0.3, 0.4) is 0 Å². The molecule has 5 heteroatoms. The molecule has 0 amide bonds. The molecule has 1 aliphatic carbocycles. The van der Waals surface area contributed by atoms with Gasteiger partial charge in [-0.2, -0.15) is 13.2 Å². The van der Waals surface area contributed by atoms with E-state index >= 15 is 0 Å². The Hall–Kier alpha value is -0.870. The number of hydrogen-bond acceptors (Lipinski definition) is 0. The summed E-state index contributed by atoms with van der Waals surface area (Å²) in [6, 6.07) is 0. The van der Waals surface area contributed by atoms with Crippen LogP contribution in [-0.4, -0.2) is 11.8 Å². The fourth-order valence-corrected chi connectivity index (χ4v) is 0.863. The minimum Gasteiger partial charge on any atom is -0.229 e. The van der Waals surface area contributed by atoms with Crippen molar-refractivity contribution in [2.45, 2.75) is 18.3 Å². The monoisotopic (exact) mass is 184 g/mol. The van der Waals surface area contributed by atoms with Crippen LogP contribution in [0.4, 0.5) is 22.0 Å². The van der Waals surface area contributed by atoms with E-state index in [9.17, 15) is 22.0 Å². The Kier molecular flexibility index (Phi) is 1.97. The molecule has 0 aliphatic heterocycles. The van der Waals surface area contributed by atoms with Crippen LogP contribution in [0.15, 0.2) is 24.1 Å². The Bertz CT molecular complexity index is 237. The molecule has 0 aromatic rings. The summed E-state index contributed by atoms with van der Waals surface area (Å²) in [4.78, 5) is 0. The van der Waals surface area contributed by atoms with Gasteiger partial charge in [-0.3, -0.25) is 0 Å². The number of rotatable bonds is 0. The molecule has 0 nitrogen and oxygen atoms in total. The highest BCUT2D eigenvalue weighted by Crippen LogP contribution is 2.41. The van der Waals surface area contributed by atoms with E-state index in [1.165, 1.54) is 0 Å². The lowest BCUT2D eigenvalue weighted by molar-refractivity contribution is -0.212. The second-order valence-electron chi connectivity index (χ2n) is 2.51. The normalized spacial score (nSPS) is 30.2. The maximum absolute atomic E-state index is 12.8. The molecule has 1 atom stereocenters. The minimum absolute atomic E-state index is 0.316. The van der Waals surface area contributed by atoms with Crippen molar-refractivity contribution in [2.24, 2.45) is 0 Å². The lowest BCUT2D eigenvalue weighted by Crippen LogP contribution is -2.39. The Morgan fingerprint density at radius 2 is 1.92 bits per heavy atom. The van der Waals surface area contributed by atoms with Crippen LogP contribution in [0, 0.1) is 0 Å². The van der Waals surface area contributed by atoms with Crippen molar-refractivity contribution in [2.75, 3.05) is 0 Å². The van der Waals surface area contributed by atoms with Crippen molar-refractivity contribution in [3.05, 3.63) is 24.1 Å². The summed E-state index contributed by atoms with van der Waals surface area (Å²) < 4.78 is 60.8. The number of hydrogen-bond donors (Lipinski definition) is 0. The molecule has 12 heavy (non-hydrogen) atoms. The van der Waals surface area contributed by atoms with Crippen LogP contribution in [-0.2, 0) is 0 Å². The Morgan fingerprint density at radius 1 is 1.33 bits per heavy atom. The van der Waals surface area contributed by atoms with E-state index in [0.717, 1.165) is 12.2 Å². The van der Waals surface area contributed by atoms with Crippen LogP contribution in [0.1, 0.15) is 6.42 Å². The summed E-state index contributed by atoms with van der Waals surface area (Å²) in [5.41, 5.74) is -3.54. The molecule has 0 aromatic carbocycles. The van der Waals surface area contributed by atoms with Gasteiger partial charge in [-0.25, -0.2) is 8.78 Å². The minimum atomic E-state index is -5.05. The van der Waals surface area contributed by atoms with Gasteiger partial charge in [-0.15, -0.1) is 0 Å². The lowest BCUT2D eigenvalue weighted by atomic mass is 9.96. The molecule has 0 aromatic heterocycles. The number of halogens is 5. The van der Waals surface area contributed by atoms with Crippen LogP contribution in [0.5, 0.6) is 0 Å². The zero-order valence-corrected chi connectivity index (χ0v) is 5.83. The molecule has 0 spiro atoms. The van der Waals surface area contributed by atoms with Gasteiger partial charge in [0.2, 0.25) is 5.67 Å². The van der Waals surface area contributed by atoms with Crippen LogP contribution in [0.25, 0.3) is 0 Å². The van der Waals surface area contributed by atoms with Gasteiger partial charge in [-0.1, -0.05) is 6.08 Å². The highest BCUT2D eigenvalue weighted by atomic mass is 19.4. The maximum atomic E-state index is 12.8. The standard InChI is InChI=1S/C7H5F5/c8-5-2-1-3-6(9,4-5)7(10,11)12/h1-3H,4H2. The third-order valence-corrected chi connectivity index (χ3v) is 1.53. The van der Waals surface area contributed by atoms with Crippen molar-refractivity contribution in [1.82, 2.24) is 0 Å². The summed E-state index contributed by atoms with van der Waals surface area (Å²) in [5.74, 6) is -1.10. The molecule has 68 valence electrons. The fourth-order valence-electron chi connectivity index (χ4n) is 0.863. The highest BCUT2D eigenvalue weighted by molar-refractivity contribution is 5.23. The molecule has 0 fully saturated rings. The zero-order valence-electron chi connectivity index (χ0n) is 5.83. The molecular weight excluding hydrogens is 179 g/mol. The molecular formula is C7H5F5. The lowest BCUT2D eigenvalue weighted by Gasteiger charge is -2.25. The van der Waals surface area contributed by atoms with Gasteiger partial charge in [0.25, 0.3) is 0 Å². The molecule has 0 radical (unpaired) electrons. The van der Waals surface area contributed by atoms with Crippen molar-refractivity contribution >= 4 is 0 Å². The van der Waals surface area contributed by atoms with Gasteiger partial charge in [-0.05, 0) is 12.2 Å². The summed E-state index contributed by atoms with van der Waals surface area (Å²) >= 11 is 0. The van der Waals surface area contributed by atoms with Gasteiger partial charge in [0, 0.05) is 6.42 Å². The van der Waals surface area contributed by atoms with Gasteiger partial charge >= 0.3 is 6.18 Å². The molecule has 0 heterocycles. The van der Waals surface area contributed by atoms with E-state index < -0.39 is 24.1 Å². The van der Waals surface area contributed by atoms with E-state index in [0.29, 0.717) is 6.08 Å². The SMILES string of the molecule is FC1=CC=CC(F)(C(F)(F)F)C1. The van der Waals surface area contributed by atoms with Crippen molar-refractivity contribution < 1.29 is 22.0 Å². The van der Waals surface area contributed by atoms with E-state index in [4.69, 9.17) is 0 Å². The third kappa shape index (κ3) is 1.49. The first kappa shape index (κ1) is 9.22. The summed E-state index contributed by atoms with van der Waals surface area (Å²) in [6.07, 6.45) is -4.45.